The molecule has 8 nitrogen and oxygen atoms in total. The smallest absolute Gasteiger partial charge is 0.282 e. The lowest BCUT2D eigenvalue weighted by molar-refractivity contribution is 0.447. The average Bonchev–Trinajstić information content (AvgIpc) is 2.99. The first-order chi connectivity index (χ1) is 11.9. The van der Waals surface area contributed by atoms with Crippen molar-refractivity contribution in [2.45, 2.75) is 26.4 Å². The van der Waals surface area contributed by atoms with Crippen molar-refractivity contribution in [2.75, 3.05) is 0 Å². The monoisotopic (exact) mass is 340 g/mol. The molecular formula is C17H20N6O2. The molecule has 0 bridgehead atoms. The van der Waals surface area contributed by atoms with Crippen LogP contribution in [0.25, 0.3) is 10.9 Å². The van der Waals surface area contributed by atoms with Gasteiger partial charge in [0.2, 0.25) is 0 Å². The van der Waals surface area contributed by atoms with E-state index >= 15 is 0 Å². The van der Waals surface area contributed by atoms with Gasteiger partial charge in [-0.2, -0.15) is 0 Å². The summed E-state index contributed by atoms with van der Waals surface area (Å²) in [4.78, 5) is 12.5. The van der Waals surface area contributed by atoms with Gasteiger partial charge in [0.1, 0.15) is 0 Å². The number of benzene rings is 1. The zero-order valence-electron chi connectivity index (χ0n) is 14.3. The van der Waals surface area contributed by atoms with Crippen LogP contribution < -0.4 is 11.3 Å². The molecule has 2 heterocycles. The Hall–Kier alpha value is -3.00. The van der Waals surface area contributed by atoms with Gasteiger partial charge in [0, 0.05) is 24.2 Å². The van der Waals surface area contributed by atoms with Gasteiger partial charge >= 0.3 is 0 Å². The van der Waals surface area contributed by atoms with Crippen molar-refractivity contribution in [2.24, 2.45) is 23.0 Å². The van der Waals surface area contributed by atoms with Crippen molar-refractivity contribution in [3.63, 3.8) is 0 Å². The van der Waals surface area contributed by atoms with Crippen molar-refractivity contribution < 1.29 is 5.11 Å². The number of azo groups is 1. The number of pyridine rings is 1. The van der Waals surface area contributed by atoms with Gasteiger partial charge in [-0.1, -0.05) is 19.1 Å². The Morgan fingerprint density at radius 2 is 2.04 bits per heavy atom. The molecular weight excluding hydrogens is 320 g/mol. The van der Waals surface area contributed by atoms with Crippen LogP contribution in [0.2, 0.25) is 0 Å². The van der Waals surface area contributed by atoms with Gasteiger partial charge < -0.3 is 15.4 Å². The second kappa shape index (κ2) is 6.48. The predicted octanol–water partition coefficient (Wildman–Crippen LogP) is 3.03. The van der Waals surface area contributed by atoms with Gasteiger partial charge in [-0.25, -0.2) is 0 Å². The number of nitrogens with two attached hydrogens (primary N) is 1. The van der Waals surface area contributed by atoms with Crippen molar-refractivity contribution in [3.8, 4) is 5.75 Å². The molecule has 0 saturated carbocycles. The number of aryl methyl sites for hydroxylation is 2. The minimum Gasteiger partial charge on any atom is -0.505 e. The quantitative estimate of drug-likeness (QED) is 0.711. The second-order valence-corrected chi connectivity index (χ2v) is 5.84. The molecule has 0 spiro atoms. The number of rotatable bonds is 4. The Balaban J connectivity index is 2.07. The number of nitrogens with zero attached hydrogens (tertiary/aromatic N) is 5. The Morgan fingerprint density at radius 3 is 2.76 bits per heavy atom. The zero-order chi connectivity index (χ0) is 18.1. The number of aromatic nitrogens is 3. The average molecular weight is 340 g/mol. The maximum atomic E-state index is 12.5. The first kappa shape index (κ1) is 16.8. The number of hydrogen-bond donors (Lipinski definition) is 2. The molecule has 3 aromatic rings. The highest BCUT2D eigenvalue weighted by Gasteiger charge is 2.15. The van der Waals surface area contributed by atoms with E-state index in [0.29, 0.717) is 16.7 Å². The van der Waals surface area contributed by atoms with Crippen LogP contribution in [0.3, 0.4) is 0 Å². The van der Waals surface area contributed by atoms with Gasteiger partial charge in [0.25, 0.3) is 5.56 Å². The summed E-state index contributed by atoms with van der Waals surface area (Å²) in [5.74, 6) is 0.139. The second-order valence-electron chi connectivity index (χ2n) is 5.84. The van der Waals surface area contributed by atoms with Gasteiger partial charge in [-0.05, 0) is 25.5 Å². The SMILES string of the molecule is CCC(N)n1nc(N=Nc2c(O)c3ccccc3n(C)c2=O)cc1C. The van der Waals surface area contributed by atoms with E-state index in [1.54, 1.807) is 42.1 Å². The number of fused-ring (bicyclic) bond motifs is 1. The summed E-state index contributed by atoms with van der Waals surface area (Å²) in [5.41, 5.74) is 6.90. The summed E-state index contributed by atoms with van der Waals surface area (Å²) in [7, 11) is 1.63. The van der Waals surface area contributed by atoms with Gasteiger partial charge in [0.15, 0.2) is 17.3 Å². The molecule has 130 valence electrons. The fraction of sp³-hybridized carbons (Fsp3) is 0.294. The molecule has 1 aromatic carbocycles. The van der Waals surface area contributed by atoms with E-state index in [2.05, 4.69) is 15.3 Å². The summed E-state index contributed by atoms with van der Waals surface area (Å²) in [6, 6.07) is 8.79. The Morgan fingerprint density at radius 1 is 1.32 bits per heavy atom. The third-order valence-electron chi connectivity index (χ3n) is 4.15. The maximum Gasteiger partial charge on any atom is 0.282 e. The summed E-state index contributed by atoms with van der Waals surface area (Å²) < 4.78 is 3.09. The lowest BCUT2D eigenvalue weighted by Crippen LogP contribution is -2.19. The van der Waals surface area contributed by atoms with E-state index in [9.17, 15) is 9.90 Å². The van der Waals surface area contributed by atoms with Crippen molar-refractivity contribution >= 4 is 22.4 Å². The van der Waals surface area contributed by atoms with Crippen molar-refractivity contribution in [1.82, 2.24) is 14.3 Å². The van der Waals surface area contributed by atoms with Crippen LogP contribution in [0, 0.1) is 6.92 Å². The van der Waals surface area contributed by atoms with Crippen LogP contribution in [0.1, 0.15) is 25.2 Å². The van der Waals surface area contributed by atoms with E-state index in [0.717, 1.165) is 12.1 Å². The summed E-state index contributed by atoms with van der Waals surface area (Å²) in [5, 5.41) is 23.2. The molecule has 0 aliphatic rings. The molecule has 0 radical (unpaired) electrons. The number of hydrogen-bond acceptors (Lipinski definition) is 6. The molecule has 0 aliphatic carbocycles. The van der Waals surface area contributed by atoms with Gasteiger partial charge in [-0.15, -0.1) is 15.3 Å². The molecule has 2 aromatic heterocycles. The third-order valence-corrected chi connectivity index (χ3v) is 4.15. The molecule has 0 saturated heterocycles. The molecule has 8 heteroatoms. The molecule has 3 rings (SSSR count). The lowest BCUT2D eigenvalue weighted by Gasteiger charge is -2.10. The molecule has 0 fully saturated rings. The van der Waals surface area contributed by atoms with Crippen LogP contribution in [0.15, 0.2) is 45.4 Å². The minimum absolute atomic E-state index is 0.117. The molecule has 0 aliphatic heterocycles. The summed E-state index contributed by atoms with van der Waals surface area (Å²) in [6.45, 7) is 3.83. The highest BCUT2D eigenvalue weighted by Crippen LogP contribution is 2.32. The molecule has 0 amide bonds. The van der Waals surface area contributed by atoms with Crippen LogP contribution in [-0.2, 0) is 7.05 Å². The van der Waals surface area contributed by atoms with Crippen molar-refractivity contribution in [3.05, 3.63) is 46.4 Å². The number of aromatic hydroxyl groups is 1. The fourth-order valence-electron chi connectivity index (χ4n) is 2.68. The Bertz CT molecular complexity index is 1020. The van der Waals surface area contributed by atoms with E-state index in [-0.39, 0.29) is 17.6 Å². The van der Waals surface area contributed by atoms with E-state index < -0.39 is 5.56 Å². The Labute approximate surface area is 144 Å². The first-order valence-corrected chi connectivity index (χ1v) is 7.98. The highest BCUT2D eigenvalue weighted by molar-refractivity contribution is 5.89. The predicted molar refractivity (Wildman–Crippen MR) is 95.5 cm³/mol. The molecule has 1 atom stereocenters. The topological polar surface area (TPSA) is 111 Å². The van der Waals surface area contributed by atoms with E-state index in [1.807, 2.05) is 13.8 Å². The largest absolute Gasteiger partial charge is 0.505 e. The van der Waals surface area contributed by atoms with Crippen LogP contribution in [0.4, 0.5) is 11.5 Å². The minimum atomic E-state index is -0.429. The molecule has 3 N–H and O–H groups in total. The number of para-hydroxylation sites is 1. The summed E-state index contributed by atoms with van der Waals surface area (Å²) >= 11 is 0. The van der Waals surface area contributed by atoms with Crippen LogP contribution in [-0.4, -0.2) is 19.5 Å². The third kappa shape index (κ3) is 2.91. The lowest BCUT2D eigenvalue weighted by atomic mass is 10.2. The van der Waals surface area contributed by atoms with Gasteiger partial charge in [-0.3, -0.25) is 9.48 Å². The standard InChI is InChI=1S/C17H20N6O2/c1-4-13(18)23-10(2)9-14(21-23)19-20-15-16(24)11-7-5-6-8-12(11)22(3)17(15)25/h5-9,13,24H,4,18H2,1-3H3. The Kier molecular flexibility index (Phi) is 4.37. The normalized spacial score (nSPS) is 13.0. The highest BCUT2D eigenvalue weighted by atomic mass is 16.3. The fourth-order valence-corrected chi connectivity index (χ4v) is 2.68. The first-order valence-electron chi connectivity index (χ1n) is 7.98. The van der Waals surface area contributed by atoms with E-state index in [1.165, 1.54) is 4.57 Å². The molecule has 1 unspecified atom stereocenters. The summed E-state index contributed by atoms with van der Waals surface area (Å²) in [6.07, 6.45) is 0.483. The van der Waals surface area contributed by atoms with E-state index in [4.69, 9.17) is 5.73 Å². The van der Waals surface area contributed by atoms with Crippen molar-refractivity contribution in [1.29, 1.82) is 0 Å². The van der Waals surface area contributed by atoms with Gasteiger partial charge in [0.05, 0.1) is 11.7 Å². The zero-order valence-corrected chi connectivity index (χ0v) is 14.3. The van der Waals surface area contributed by atoms with Crippen LogP contribution >= 0.6 is 0 Å². The van der Waals surface area contributed by atoms with Crippen LogP contribution in [0.5, 0.6) is 5.75 Å². The maximum absolute atomic E-state index is 12.5. The molecule has 25 heavy (non-hydrogen) atoms.